The fourth-order valence-corrected chi connectivity index (χ4v) is 4.60. The number of amides is 1. The second-order valence-electron chi connectivity index (χ2n) is 6.90. The first kappa shape index (κ1) is 22.5. The summed E-state index contributed by atoms with van der Waals surface area (Å²) in [5, 5.41) is 11.3. The van der Waals surface area contributed by atoms with Crippen LogP contribution in [0, 0.1) is 10.1 Å². The lowest BCUT2D eigenvalue weighted by Crippen LogP contribution is -2.27. The van der Waals surface area contributed by atoms with Crippen LogP contribution in [0.3, 0.4) is 0 Å². The third kappa shape index (κ3) is 4.74. The maximum atomic E-state index is 13.2. The first-order valence-corrected chi connectivity index (χ1v) is 11.1. The number of carbonyl (C=O) groups excluding carboxylic acids is 1. The Balaban J connectivity index is 1.60. The van der Waals surface area contributed by atoms with Gasteiger partial charge in [0.05, 0.1) is 28.2 Å². The molecule has 0 N–H and O–H groups in total. The minimum Gasteiger partial charge on any atom is -0.495 e. The molecule has 1 saturated heterocycles. The van der Waals surface area contributed by atoms with E-state index in [4.69, 9.17) is 21.7 Å². The number of nitro benzene ring substituents is 1. The van der Waals surface area contributed by atoms with E-state index < -0.39 is 4.92 Å². The van der Waals surface area contributed by atoms with E-state index in [1.54, 1.807) is 48.5 Å². The molecule has 1 heterocycles. The highest BCUT2D eigenvalue weighted by Gasteiger charge is 2.35. The van der Waals surface area contributed by atoms with Gasteiger partial charge in [-0.15, -0.1) is 0 Å². The number of benzene rings is 3. The summed E-state index contributed by atoms with van der Waals surface area (Å²) in [6.07, 6.45) is 1.71. The monoisotopic (exact) mass is 478 g/mol. The number of nitrogens with zero attached hydrogens (tertiary/aromatic N) is 2. The Bertz CT molecular complexity index is 1270. The molecule has 33 heavy (non-hydrogen) atoms. The minimum absolute atomic E-state index is 0.00680. The summed E-state index contributed by atoms with van der Waals surface area (Å²) >= 11 is 6.65. The van der Waals surface area contributed by atoms with Gasteiger partial charge in [0, 0.05) is 11.6 Å². The number of hydrogen-bond donors (Lipinski definition) is 0. The van der Waals surface area contributed by atoms with E-state index in [9.17, 15) is 14.9 Å². The summed E-state index contributed by atoms with van der Waals surface area (Å²) in [5.41, 5.74) is 1.69. The molecular formula is C24H18N2O5S2. The smallest absolute Gasteiger partial charge is 0.276 e. The molecule has 3 aromatic rings. The normalized spacial score (nSPS) is 14.6. The Morgan fingerprint density at radius 2 is 1.70 bits per heavy atom. The van der Waals surface area contributed by atoms with E-state index in [2.05, 4.69) is 0 Å². The number of rotatable bonds is 7. The minimum atomic E-state index is -0.437. The molecule has 7 nitrogen and oxygen atoms in total. The number of nitro groups is 1. The highest BCUT2D eigenvalue weighted by Crippen LogP contribution is 2.40. The average Bonchev–Trinajstić information content (AvgIpc) is 3.11. The predicted molar refractivity (Wildman–Crippen MR) is 133 cm³/mol. The van der Waals surface area contributed by atoms with Crippen molar-refractivity contribution < 1.29 is 19.2 Å². The van der Waals surface area contributed by atoms with Crippen molar-refractivity contribution in [3.8, 4) is 11.5 Å². The molecule has 9 heteroatoms. The van der Waals surface area contributed by atoms with Gasteiger partial charge in [0.2, 0.25) is 0 Å². The van der Waals surface area contributed by atoms with Crippen LogP contribution in [-0.2, 0) is 11.4 Å². The molecule has 0 bridgehead atoms. The summed E-state index contributed by atoms with van der Waals surface area (Å²) < 4.78 is 11.7. The Labute approximate surface area is 199 Å². The van der Waals surface area contributed by atoms with Crippen molar-refractivity contribution in [2.24, 2.45) is 0 Å². The second kappa shape index (κ2) is 9.85. The zero-order chi connectivity index (χ0) is 23.4. The Morgan fingerprint density at radius 1 is 1.03 bits per heavy atom. The number of para-hydroxylation sites is 4. The van der Waals surface area contributed by atoms with Crippen molar-refractivity contribution in [3.63, 3.8) is 0 Å². The fourth-order valence-electron chi connectivity index (χ4n) is 3.33. The van der Waals surface area contributed by atoms with Gasteiger partial charge in [-0.1, -0.05) is 66.4 Å². The van der Waals surface area contributed by atoms with Gasteiger partial charge < -0.3 is 9.47 Å². The lowest BCUT2D eigenvalue weighted by molar-refractivity contribution is -0.385. The van der Waals surface area contributed by atoms with Crippen LogP contribution >= 0.6 is 24.0 Å². The van der Waals surface area contributed by atoms with Crippen LogP contribution in [0.15, 0.2) is 77.7 Å². The fraction of sp³-hybridized carbons (Fsp3) is 0.0833. The number of methoxy groups -OCH3 is 1. The lowest BCUT2D eigenvalue weighted by atomic mass is 10.1. The van der Waals surface area contributed by atoms with Gasteiger partial charge in [-0.05, 0) is 30.3 Å². The molecular weight excluding hydrogens is 460 g/mol. The van der Waals surface area contributed by atoms with Crippen molar-refractivity contribution in [3.05, 3.63) is 98.9 Å². The lowest BCUT2D eigenvalue weighted by Gasteiger charge is -2.17. The molecule has 0 aliphatic carbocycles. The summed E-state index contributed by atoms with van der Waals surface area (Å²) in [6.45, 7) is 0.0180. The van der Waals surface area contributed by atoms with Crippen molar-refractivity contribution in [1.29, 1.82) is 0 Å². The molecule has 1 amide bonds. The topological polar surface area (TPSA) is 81.9 Å². The van der Waals surface area contributed by atoms with Crippen LogP contribution in [-0.4, -0.2) is 22.3 Å². The van der Waals surface area contributed by atoms with Crippen LogP contribution in [0.5, 0.6) is 11.5 Å². The Morgan fingerprint density at radius 3 is 2.45 bits per heavy atom. The van der Waals surface area contributed by atoms with Gasteiger partial charge in [0.1, 0.15) is 18.1 Å². The number of carbonyl (C=O) groups is 1. The van der Waals surface area contributed by atoms with Gasteiger partial charge >= 0.3 is 0 Å². The quantitative estimate of drug-likeness (QED) is 0.190. The summed E-state index contributed by atoms with van der Waals surface area (Å²) in [7, 11) is 1.54. The zero-order valence-corrected chi connectivity index (χ0v) is 19.1. The second-order valence-corrected chi connectivity index (χ2v) is 8.58. The standard InChI is InChI=1S/C24H18N2O5S2/c1-30-21-13-7-5-11-19(21)25-23(27)22(33-24(25)32)14-16-8-3-6-12-20(16)31-15-17-9-2-4-10-18(17)26(28)29/h2-14H,15H2,1H3/b22-14-. The van der Waals surface area contributed by atoms with Crippen LogP contribution < -0.4 is 14.4 Å². The van der Waals surface area contributed by atoms with Crippen molar-refractivity contribution in [2.45, 2.75) is 6.61 Å². The van der Waals surface area contributed by atoms with Crippen LogP contribution in [0.4, 0.5) is 11.4 Å². The summed E-state index contributed by atoms with van der Waals surface area (Å²) in [4.78, 5) is 25.9. The molecule has 0 spiro atoms. The first-order valence-electron chi connectivity index (χ1n) is 9.84. The largest absolute Gasteiger partial charge is 0.495 e. The maximum Gasteiger partial charge on any atom is 0.276 e. The SMILES string of the molecule is COc1ccccc1N1C(=O)/C(=C/c2ccccc2OCc2ccccc2[N+](=O)[O-])SC1=S. The van der Waals surface area contributed by atoms with E-state index in [0.29, 0.717) is 37.5 Å². The molecule has 1 fully saturated rings. The molecule has 1 aliphatic heterocycles. The molecule has 3 aromatic carbocycles. The maximum absolute atomic E-state index is 13.2. The third-order valence-corrected chi connectivity index (χ3v) is 6.20. The average molecular weight is 479 g/mol. The summed E-state index contributed by atoms with van der Waals surface area (Å²) in [5.74, 6) is 0.782. The van der Waals surface area contributed by atoms with Gasteiger partial charge in [0.15, 0.2) is 4.32 Å². The van der Waals surface area contributed by atoms with E-state index >= 15 is 0 Å². The molecule has 166 valence electrons. The molecule has 0 saturated carbocycles. The number of ether oxygens (including phenoxy) is 2. The number of thioether (sulfide) groups is 1. The molecule has 0 unspecified atom stereocenters. The Kier molecular flexibility index (Phi) is 6.71. The third-order valence-electron chi connectivity index (χ3n) is 4.90. The van der Waals surface area contributed by atoms with Crippen molar-refractivity contribution in [1.82, 2.24) is 0 Å². The Hall–Kier alpha value is -3.69. The zero-order valence-electron chi connectivity index (χ0n) is 17.5. The van der Waals surface area contributed by atoms with Crippen molar-refractivity contribution in [2.75, 3.05) is 12.0 Å². The molecule has 0 radical (unpaired) electrons. The molecule has 1 aliphatic rings. The van der Waals surface area contributed by atoms with E-state index in [-0.39, 0.29) is 18.2 Å². The van der Waals surface area contributed by atoms with Crippen molar-refractivity contribution >= 4 is 51.7 Å². The number of thiocarbonyl (C=S) groups is 1. The van der Waals surface area contributed by atoms with E-state index in [1.807, 2.05) is 24.3 Å². The van der Waals surface area contributed by atoms with Gasteiger partial charge in [-0.2, -0.15) is 0 Å². The van der Waals surface area contributed by atoms with Crippen LogP contribution in [0.25, 0.3) is 6.08 Å². The molecule has 0 atom stereocenters. The van der Waals surface area contributed by atoms with Gasteiger partial charge in [-0.25, -0.2) is 0 Å². The highest BCUT2D eigenvalue weighted by atomic mass is 32.2. The summed E-state index contributed by atoms with van der Waals surface area (Å²) in [6, 6.07) is 20.8. The first-order chi connectivity index (χ1) is 16.0. The van der Waals surface area contributed by atoms with Crippen LogP contribution in [0.1, 0.15) is 11.1 Å². The predicted octanol–water partition coefficient (Wildman–Crippen LogP) is 5.59. The number of anilines is 1. The molecule has 0 aromatic heterocycles. The molecule has 4 rings (SSSR count). The highest BCUT2D eigenvalue weighted by molar-refractivity contribution is 8.27. The number of hydrogen-bond acceptors (Lipinski definition) is 7. The van der Waals surface area contributed by atoms with Gasteiger partial charge in [0.25, 0.3) is 11.6 Å². The van der Waals surface area contributed by atoms with Gasteiger partial charge in [-0.3, -0.25) is 19.8 Å². The van der Waals surface area contributed by atoms with Crippen LogP contribution in [0.2, 0.25) is 0 Å². The van der Waals surface area contributed by atoms with E-state index in [1.165, 1.54) is 29.8 Å². The van der Waals surface area contributed by atoms with E-state index in [0.717, 1.165) is 0 Å².